The van der Waals surface area contributed by atoms with E-state index in [4.69, 9.17) is 4.74 Å². The van der Waals surface area contributed by atoms with Gasteiger partial charge in [-0.15, -0.1) is 0 Å². The first-order valence-corrected chi connectivity index (χ1v) is 5.04. The van der Waals surface area contributed by atoms with Gasteiger partial charge in [-0.25, -0.2) is 0 Å². The van der Waals surface area contributed by atoms with Crippen molar-refractivity contribution in [3.63, 3.8) is 0 Å². The van der Waals surface area contributed by atoms with Crippen LogP contribution in [0.25, 0.3) is 0 Å². The fourth-order valence-corrected chi connectivity index (χ4v) is 1.34. The Balaban J connectivity index is 3.05. The number of ether oxygens (including phenoxy) is 2. The molecular weight excluding hydrogens is 220 g/mol. The van der Waals surface area contributed by atoms with Gasteiger partial charge in [-0.1, -0.05) is 0 Å². The number of carbonyl (C=O) groups is 1. The topological polar surface area (TPSA) is 55.8 Å². The summed E-state index contributed by atoms with van der Waals surface area (Å²) in [5.41, 5.74) is 1.90. The summed E-state index contributed by atoms with van der Waals surface area (Å²) in [6, 6.07) is 3.48. The zero-order chi connectivity index (χ0) is 12.8. The van der Waals surface area contributed by atoms with E-state index in [1.165, 1.54) is 14.0 Å². The first-order valence-electron chi connectivity index (χ1n) is 5.04. The molecule has 0 aromatic heterocycles. The number of rotatable bonds is 2. The van der Waals surface area contributed by atoms with Crippen molar-refractivity contribution in [1.82, 2.24) is 0 Å². The molecule has 0 spiro atoms. The summed E-state index contributed by atoms with van der Waals surface area (Å²) >= 11 is 0. The van der Waals surface area contributed by atoms with Crippen LogP contribution in [0.1, 0.15) is 23.6 Å². The van der Waals surface area contributed by atoms with Crippen molar-refractivity contribution >= 4 is 5.97 Å². The van der Waals surface area contributed by atoms with Gasteiger partial charge in [0.05, 0.1) is 12.7 Å². The van der Waals surface area contributed by atoms with Gasteiger partial charge in [0, 0.05) is 12.5 Å². The van der Waals surface area contributed by atoms with E-state index in [0.717, 1.165) is 5.56 Å². The van der Waals surface area contributed by atoms with Crippen molar-refractivity contribution in [2.45, 2.75) is 20.5 Å². The minimum atomic E-state index is -0.393. The Kier molecular flexibility index (Phi) is 4.41. The normalized spacial score (nSPS) is 9.12. The van der Waals surface area contributed by atoms with Gasteiger partial charge >= 0.3 is 5.97 Å². The molecule has 0 aliphatic rings. The Labute approximate surface area is 100 Å². The molecule has 1 N–H and O–H groups in total. The summed E-state index contributed by atoms with van der Waals surface area (Å²) in [5.74, 6) is 2.29. The minimum Gasteiger partial charge on any atom is -0.506 e. The zero-order valence-electron chi connectivity index (χ0n) is 10.0. The first-order chi connectivity index (χ1) is 8.04. The molecule has 17 heavy (non-hydrogen) atoms. The molecule has 0 unspecified atom stereocenters. The van der Waals surface area contributed by atoms with Gasteiger partial charge < -0.3 is 14.6 Å². The number of aryl methyl sites for hydroxylation is 1. The molecular formula is C13H14O4. The molecule has 0 atom stereocenters. The zero-order valence-corrected chi connectivity index (χ0v) is 10.0. The van der Waals surface area contributed by atoms with Crippen LogP contribution in [0.5, 0.6) is 5.75 Å². The van der Waals surface area contributed by atoms with Crippen molar-refractivity contribution in [3.8, 4) is 17.8 Å². The highest BCUT2D eigenvalue weighted by Crippen LogP contribution is 2.24. The second kappa shape index (κ2) is 5.80. The molecule has 1 rings (SSSR count). The number of hydrogen-bond acceptors (Lipinski definition) is 4. The standard InChI is InChI=1S/C13H14O4/c1-9-6-11(4-5-16-3)13(15)12(7-9)8-17-10(2)14/h6-7,15H,8H2,1-3H3. The monoisotopic (exact) mass is 234 g/mol. The molecule has 0 heterocycles. The van der Waals surface area contributed by atoms with E-state index in [9.17, 15) is 9.90 Å². The van der Waals surface area contributed by atoms with Gasteiger partial charge in [0.15, 0.2) is 0 Å². The predicted octanol–water partition coefficient (Wildman–Crippen LogP) is 1.72. The van der Waals surface area contributed by atoms with Crippen LogP contribution in [0.15, 0.2) is 12.1 Å². The van der Waals surface area contributed by atoms with Crippen LogP contribution < -0.4 is 0 Å². The third-order valence-electron chi connectivity index (χ3n) is 2.05. The number of methoxy groups -OCH3 is 1. The van der Waals surface area contributed by atoms with Gasteiger partial charge in [0.1, 0.15) is 18.5 Å². The minimum absolute atomic E-state index is 0.0152. The number of esters is 1. The van der Waals surface area contributed by atoms with E-state index in [2.05, 4.69) is 16.8 Å². The second-order valence-corrected chi connectivity index (χ2v) is 3.53. The molecule has 1 aromatic rings. The van der Waals surface area contributed by atoms with E-state index in [1.807, 2.05) is 6.92 Å². The highest BCUT2D eigenvalue weighted by molar-refractivity contribution is 5.66. The molecule has 90 valence electrons. The lowest BCUT2D eigenvalue weighted by Crippen LogP contribution is -2.00. The Hall–Kier alpha value is -2.15. The summed E-state index contributed by atoms with van der Waals surface area (Å²) in [5, 5.41) is 9.90. The molecule has 0 fully saturated rings. The quantitative estimate of drug-likeness (QED) is 0.625. The molecule has 0 saturated heterocycles. The maximum absolute atomic E-state index is 10.7. The van der Waals surface area contributed by atoms with Gasteiger partial charge in [-0.3, -0.25) is 4.79 Å². The van der Waals surface area contributed by atoms with Crippen molar-refractivity contribution in [2.24, 2.45) is 0 Å². The smallest absolute Gasteiger partial charge is 0.302 e. The maximum Gasteiger partial charge on any atom is 0.302 e. The number of benzene rings is 1. The molecule has 4 nitrogen and oxygen atoms in total. The molecule has 0 bridgehead atoms. The fraction of sp³-hybridized carbons (Fsp3) is 0.308. The summed E-state index contributed by atoms with van der Waals surface area (Å²) < 4.78 is 9.47. The van der Waals surface area contributed by atoms with Crippen molar-refractivity contribution in [1.29, 1.82) is 0 Å². The van der Waals surface area contributed by atoms with E-state index >= 15 is 0 Å². The van der Waals surface area contributed by atoms with E-state index in [1.54, 1.807) is 12.1 Å². The highest BCUT2D eigenvalue weighted by Gasteiger charge is 2.08. The number of phenols is 1. The lowest BCUT2D eigenvalue weighted by atomic mass is 10.1. The first kappa shape index (κ1) is 12.9. The number of phenolic OH excluding ortho intramolecular Hbond substituents is 1. The van der Waals surface area contributed by atoms with Crippen molar-refractivity contribution in [3.05, 3.63) is 28.8 Å². The third-order valence-corrected chi connectivity index (χ3v) is 2.05. The van der Waals surface area contributed by atoms with Gasteiger partial charge in [0.2, 0.25) is 0 Å². The van der Waals surface area contributed by atoms with Gasteiger partial charge in [-0.05, 0) is 30.5 Å². The van der Waals surface area contributed by atoms with Crippen LogP contribution in [0.2, 0.25) is 0 Å². The van der Waals surface area contributed by atoms with Gasteiger partial charge in [-0.2, -0.15) is 0 Å². The van der Waals surface area contributed by atoms with Crippen LogP contribution in [0.3, 0.4) is 0 Å². The number of carbonyl (C=O) groups excluding carboxylic acids is 1. The fourth-order valence-electron chi connectivity index (χ4n) is 1.34. The molecule has 0 aliphatic heterocycles. The van der Waals surface area contributed by atoms with E-state index in [-0.39, 0.29) is 12.4 Å². The Bertz CT molecular complexity index is 480. The predicted molar refractivity (Wildman–Crippen MR) is 62.2 cm³/mol. The average Bonchev–Trinajstić information content (AvgIpc) is 2.27. The molecule has 4 heteroatoms. The highest BCUT2D eigenvalue weighted by atomic mass is 16.5. The van der Waals surface area contributed by atoms with Crippen molar-refractivity contribution in [2.75, 3.05) is 7.11 Å². The average molecular weight is 234 g/mol. The second-order valence-electron chi connectivity index (χ2n) is 3.53. The van der Waals surface area contributed by atoms with Crippen LogP contribution >= 0.6 is 0 Å². The summed E-state index contributed by atoms with van der Waals surface area (Å²) in [4.78, 5) is 10.7. The van der Waals surface area contributed by atoms with Crippen molar-refractivity contribution < 1.29 is 19.4 Å². The van der Waals surface area contributed by atoms with Crippen LogP contribution in [-0.4, -0.2) is 18.2 Å². The van der Waals surface area contributed by atoms with Crippen LogP contribution in [0.4, 0.5) is 0 Å². The Morgan fingerprint density at radius 3 is 2.76 bits per heavy atom. The summed E-state index contributed by atoms with van der Waals surface area (Å²) in [6.45, 7) is 3.22. The summed E-state index contributed by atoms with van der Waals surface area (Å²) in [6.07, 6.45) is 2.41. The van der Waals surface area contributed by atoms with E-state index in [0.29, 0.717) is 11.1 Å². The largest absolute Gasteiger partial charge is 0.506 e. The summed E-state index contributed by atoms with van der Waals surface area (Å²) in [7, 11) is 1.44. The molecule has 0 amide bonds. The van der Waals surface area contributed by atoms with E-state index < -0.39 is 5.97 Å². The van der Waals surface area contributed by atoms with Crippen LogP contribution in [0, 0.1) is 19.0 Å². The Morgan fingerprint density at radius 2 is 2.18 bits per heavy atom. The number of aromatic hydroxyl groups is 1. The Morgan fingerprint density at radius 1 is 1.47 bits per heavy atom. The molecule has 1 aromatic carbocycles. The molecule has 0 radical (unpaired) electrons. The lowest BCUT2D eigenvalue weighted by Gasteiger charge is -2.08. The van der Waals surface area contributed by atoms with Gasteiger partial charge in [0.25, 0.3) is 0 Å². The number of hydrogen-bond donors (Lipinski definition) is 1. The third kappa shape index (κ3) is 3.72. The van der Waals surface area contributed by atoms with Crippen LogP contribution in [-0.2, 0) is 20.9 Å². The molecule has 0 saturated carbocycles. The SMILES string of the molecule is COC#Cc1cc(C)cc(COC(C)=O)c1O. The molecule has 0 aliphatic carbocycles. The lowest BCUT2D eigenvalue weighted by molar-refractivity contribution is -0.142. The maximum atomic E-state index is 10.7.